The van der Waals surface area contributed by atoms with Crippen molar-refractivity contribution in [2.75, 3.05) is 13.1 Å². The maximum atomic E-state index is 11.4. The summed E-state index contributed by atoms with van der Waals surface area (Å²) in [5.74, 6) is 0.0262. The molecule has 2 N–H and O–H groups in total. The third-order valence-corrected chi connectivity index (χ3v) is 2.01. The van der Waals surface area contributed by atoms with Gasteiger partial charge < -0.3 is 10.6 Å². The van der Waals surface area contributed by atoms with Crippen LogP contribution in [0.25, 0.3) is 0 Å². The largest absolute Gasteiger partial charge is 0.350 e. The zero-order valence-corrected chi connectivity index (χ0v) is 10.7. The molecule has 96 valence electrons. The number of nitrogens with one attached hydrogen (secondary N) is 2. The smallest absolute Gasteiger partial charge is 0.234 e. The van der Waals surface area contributed by atoms with E-state index in [9.17, 15) is 4.79 Å². The van der Waals surface area contributed by atoms with Crippen LogP contribution in [0.5, 0.6) is 0 Å². The van der Waals surface area contributed by atoms with Gasteiger partial charge in [-0.15, -0.1) is 5.10 Å². The van der Waals surface area contributed by atoms with Gasteiger partial charge in [0.05, 0.1) is 12.7 Å². The molecule has 0 bridgehead atoms. The molecule has 0 radical (unpaired) electrons. The van der Waals surface area contributed by atoms with Crippen molar-refractivity contribution in [1.82, 2.24) is 25.6 Å². The number of aryl methyl sites for hydroxylation is 1. The molecule has 0 aromatic carbocycles. The monoisotopic (exact) mass is 239 g/mol. The topological polar surface area (TPSA) is 71.8 Å². The summed E-state index contributed by atoms with van der Waals surface area (Å²) in [6.45, 7) is 7.86. The van der Waals surface area contributed by atoms with Crippen molar-refractivity contribution in [3.63, 3.8) is 0 Å². The maximum absolute atomic E-state index is 11.4. The van der Waals surface area contributed by atoms with Gasteiger partial charge in [0.2, 0.25) is 5.91 Å². The lowest BCUT2D eigenvalue weighted by Gasteiger charge is -2.20. The number of carbonyl (C=O) groups is 1. The number of hydrogen-bond acceptors (Lipinski definition) is 4. The van der Waals surface area contributed by atoms with Crippen LogP contribution in [-0.2, 0) is 11.3 Å². The number of amides is 1. The summed E-state index contributed by atoms with van der Waals surface area (Å²) in [4.78, 5) is 11.4. The maximum Gasteiger partial charge on any atom is 0.234 e. The number of carbonyl (C=O) groups excluding carboxylic acids is 1. The molecule has 6 heteroatoms. The van der Waals surface area contributed by atoms with E-state index in [1.165, 1.54) is 0 Å². The minimum atomic E-state index is -0.167. The summed E-state index contributed by atoms with van der Waals surface area (Å²) in [5, 5.41) is 13.6. The molecule has 0 unspecified atom stereocenters. The van der Waals surface area contributed by atoms with Gasteiger partial charge in [0.15, 0.2) is 0 Å². The predicted molar refractivity (Wildman–Crippen MR) is 65.4 cm³/mol. The Kier molecular flexibility index (Phi) is 5.09. The van der Waals surface area contributed by atoms with Crippen molar-refractivity contribution in [2.24, 2.45) is 0 Å². The lowest BCUT2D eigenvalue weighted by molar-refractivity contribution is -0.121. The first-order valence-electron chi connectivity index (χ1n) is 5.83. The third-order valence-electron chi connectivity index (χ3n) is 2.01. The van der Waals surface area contributed by atoms with Crippen LogP contribution in [0.15, 0.2) is 12.4 Å². The molecular formula is C11H21N5O. The van der Waals surface area contributed by atoms with E-state index in [1.54, 1.807) is 10.9 Å². The molecule has 17 heavy (non-hydrogen) atoms. The van der Waals surface area contributed by atoms with Crippen LogP contribution >= 0.6 is 0 Å². The first-order chi connectivity index (χ1) is 7.97. The number of rotatable bonds is 6. The molecule has 6 nitrogen and oxygen atoms in total. The van der Waals surface area contributed by atoms with Gasteiger partial charge >= 0.3 is 0 Å². The summed E-state index contributed by atoms with van der Waals surface area (Å²) in [5.41, 5.74) is -0.167. The Balaban J connectivity index is 2.02. The van der Waals surface area contributed by atoms with Crippen LogP contribution in [0, 0.1) is 0 Å². The predicted octanol–water partition coefficient (Wildman–Crippen LogP) is 0.173. The van der Waals surface area contributed by atoms with Gasteiger partial charge in [0.1, 0.15) is 0 Å². The van der Waals surface area contributed by atoms with Crippen LogP contribution in [0.4, 0.5) is 0 Å². The van der Waals surface area contributed by atoms with Gasteiger partial charge in [-0.3, -0.25) is 9.48 Å². The van der Waals surface area contributed by atoms with Gasteiger partial charge in [-0.25, -0.2) is 0 Å². The molecule has 0 saturated heterocycles. The van der Waals surface area contributed by atoms with Crippen molar-refractivity contribution >= 4 is 5.91 Å². The van der Waals surface area contributed by atoms with Gasteiger partial charge in [0.25, 0.3) is 0 Å². The van der Waals surface area contributed by atoms with Crippen LogP contribution in [0.3, 0.4) is 0 Å². The minimum absolute atomic E-state index is 0.0262. The van der Waals surface area contributed by atoms with Crippen molar-refractivity contribution in [2.45, 2.75) is 39.3 Å². The molecule has 0 aliphatic rings. The van der Waals surface area contributed by atoms with Crippen molar-refractivity contribution in [1.29, 1.82) is 0 Å². The first kappa shape index (κ1) is 13.6. The first-order valence-corrected chi connectivity index (χ1v) is 5.83. The van der Waals surface area contributed by atoms with E-state index in [4.69, 9.17) is 0 Å². The van der Waals surface area contributed by atoms with E-state index < -0.39 is 0 Å². The SMILES string of the molecule is CC(C)(C)NC(=O)CNCCCn1ccnn1. The zero-order valence-electron chi connectivity index (χ0n) is 10.7. The quantitative estimate of drug-likeness (QED) is 0.694. The number of hydrogen-bond donors (Lipinski definition) is 2. The number of aromatic nitrogens is 3. The van der Waals surface area contributed by atoms with Crippen molar-refractivity contribution in [3.05, 3.63) is 12.4 Å². The normalized spacial score (nSPS) is 11.5. The third kappa shape index (κ3) is 6.68. The van der Waals surface area contributed by atoms with E-state index in [0.29, 0.717) is 6.54 Å². The fraction of sp³-hybridized carbons (Fsp3) is 0.727. The van der Waals surface area contributed by atoms with Gasteiger partial charge in [-0.05, 0) is 33.7 Å². The molecule has 0 saturated carbocycles. The molecule has 1 rings (SSSR count). The van der Waals surface area contributed by atoms with Crippen molar-refractivity contribution < 1.29 is 4.79 Å². The molecule has 0 atom stereocenters. The highest BCUT2D eigenvalue weighted by Gasteiger charge is 2.12. The van der Waals surface area contributed by atoms with Crippen LogP contribution < -0.4 is 10.6 Å². The van der Waals surface area contributed by atoms with E-state index in [2.05, 4.69) is 20.9 Å². The molecular weight excluding hydrogens is 218 g/mol. The molecule has 1 amide bonds. The molecule has 0 aliphatic heterocycles. The Bertz CT molecular complexity index is 328. The lowest BCUT2D eigenvalue weighted by atomic mass is 10.1. The minimum Gasteiger partial charge on any atom is -0.350 e. The molecule has 0 aliphatic carbocycles. The Morgan fingerprint density at radius 3 is 2.76 bits per heavy atom. The highest BCUT2D eigenvalue weighted by atomic mass is 16.2. The second-order valence-corrected chi connectivity index (χ2v) is 4.99. The summed E-state index contributed by atoms with van der Waals surface area (Å²) in [6, 6.07) is 0. The summed E-state index contributed by atoms with van der Waals surface area (Å²) >= 11 is 0. The Hall–Kier alpha value is -1.43. The standard InChI is InChI=1S/C11H21N5O/c1-11(2,3)14-10(17)9-12-5-4-7-16-8-6-13-15-16/h6,8,12H,4-5,7,9H2,1-3H3,(H,14,17). The van der Waals surface area contributed by atoms with Gasteiger partial charge in [-0.2, -0.15) is 0 Å². The van der Waals surface area contributed by atoms with E-state index in [-0.39, 0.29) is 11.4 Å². The Morgan fingerprint density at radius 2 is 2.18 bits per heavy atom. The number of nitrogens with zero attached hydrogens (tertiary/aromatic N) is 3. The van der Waals surface area contributed by atoms with E-state index in [1.807, 2.05) is 27.0 Å². The Morgan fingerprint density at radius 1 is 1.41 bits per heavy atom. The Labute approximate surface area is 102 Å². The molecule has 1 aromatic rings. The summed E-state index contributed by atoms with van der Waals surface area (Å²) in [6.07, 6.45) is 4.41. The average Bonchev–Trinajstić information content (AvgIpc) is 2.67. The van der Waals surface area contributed by atoms with E-state index >= 15 is 0 Å². The average molecular weight is 239 g/mol. The molecule has 1 heterocycles. The summed E-state index contributed by atoms with van der Waals surface area (Å²) in [7, 11) is 0. The highest BCUT2D eigenvalue weighted by Crippen LogP contribution is 1.97. The van der Waals surface area contributed by atoms with Gasteiger partial charge in [0, 0.05) is 18.3 Å². The van der Waals surface area contributed by atoms with E-state index in [0.717, 1.165) is 19.5 Å². The second kappa shape index (κ2) is 6.34. The molecule has 1 aromatic heterocycles. The summed E-state index contributed by atoms with van der Waals surface area (Å²) < 4.78 is 1.77. The zero-order chi connectivity index (χ0) is 12.7. The lowest BCUT2D eigenvalue weighted by Crippen LogP contribution is -2.45. The van der Waals surface area contributed by atoms with Crippen molar-refractivity contribution in [3.8, 4) is 0 Å². The van der Waals surface area contributed by atoms with Gasteiger partial charge in [-0.1, -0.05) is 5.21 Å². The fourth-order valence-electron chi connectivity index (χ4n) is 1.38. The van der Waals surface area contributed by atoms with Crippen LogP contribution in [-0.4, -0.2) is 39.5 Å². The van der Waals surface area contributed by atoms with Crippen LogP contribution in [0.1, 0.15) is 27.2 Å². The molecule has 0 fully saturated rings. The highest BCUT2D eigenvalue weighted by molar-refractivity contribution is 5.78. The molecule has 0 spiro atoms. The van der Waals surface area contributed by atoms with Crippen LogP contribution in [0.2, 0.25) is 0 Å². The second-order valence-electron chi connectivity index (χ2n) is 4.99. The fourth-order valence-corrected chi connectivity index (χ4v) is 1.38.